The lowest BCUT2D eigenvalue weighted by atomic mass is 10.1. The molecule has 10 heteroatoms. The number of aromatic nitrogens is 2. The summed E-state index contributed by atoms with van der Waals surface area (Å²) in [5, 5.41) is 4.36. The van der Waals surface area contributed by atoms with E-state index in [2.05, 4.69) is 15.3 Å². The summed E-state index contributed by atoms with van der Waals surface area (Å²) < 4.78 is 30.9. The number of sulfonamides is 1. The quantitative estimate of drug-likeness (QED) is 0.452. The number of nitrogens with one attached hydrogen (secondary N) is 2. The molecule has 2 aromatic carbocycles. The first-order valence-corrected chi connectivity index (χ1v) is 12.1. The number of carbonyl (C=O) groups excluding carboxylic acids is 1. The van der Waals surface area contributed by atoms with Crippen LogP contribution in [0.1, 0.15) is 10.4 Å². The molecule has 1 aliphatic heterocycles. The highest BCUT2D eigenvalue weighted by Crippen LogP contribution is 2.31. The average Bonchev–Trinajstić information content (AvgIpc) is 3.28. The fourth-order valence-corrected chi connectivity index (χ4v) is 5.04. The zero-order valence-electron chi connectivity index (χ0n) is 17.3. The van der Waals surface area contributed by atoms with E-state index in [-0.39, 0.29) is 25.0 Å². The first-order chi connectivity index (χ1) is 15.9. The number of amides is 1. The summed E-state index contributed by atoms with van der Waals surface area (Å²) in [4.78, 5) is 20.5. The number of pyridine rings is 1. The Morgan fingerprint density at radius 2 is 1.91 bits per heavy atom. The van der Waals surface area contributed by atoms with E-state index >= 15 is 0 Å². The lowest BCUT2D eigenvalue weighted by Crippen LogP contribution is -2.41. The van der Waals surface area contributed by atoms with Gasteiger partial charge in [0.05, 0.1) is 28.8 Å². The van der Waals surface area contributed by atoms with Crippen molar-refractivity contribution >= 4 is 49.9 Å². The Morgan fingerprint density at radius 3 is 2.70 bits per heavy atom. The molecule has 1 saturated heterocycles. The molecule has 2 N–H and O–H groups in total. The van der Waals surface area contributed by atoms with Gasteiger partial charge in [0.1, 0.15) is 12.4 Å². The number of benzene rings is 2. The van der Waals surface area contributed by atoms with Gasteiger partial charge >= 0.3 is 0 Å². The van der Waals surface area contributed by atoms with Gasteiger partial charge in [0.15, 0.2) is 0 Å². The predicted molar refractivity (Wildman–Crippen MR) is 128 cm³/mol. The number of H-pyrrole nitrogens is 1. The maximum Gasteiger partial charge on any atom is 0.255 e. The van der Waals surface area contributed by atoms with E-state index in [0.717, 1.165) is 11.0 Å². The van der Waals surface area contributed by atoms with Crippen molar-refractivity contribution < 1.29 is 17.9 Å². The normalized spacial score (nSPS) is 15.5. The molecule has 8 nitrogen and oxygen atoms in total. The number of hydrogen-bond acceptors (Lipinski definition) is 5. The minimum Gasteiger partial charge on any atom is -0.359 e. The topological polar surface area (TPSA) is 104 Å². The number of ether oxygens (including phenoxy) is 1. The first-order valence-electron chi connectivity index (χ1n) is 10.1. The SMILES string of the molecule is O=C(Nc1ccc(Cl)c(-c2ccc3cc[nH]c3n2)c1)c1ccc(N2COCCS2(=O)=O)cc1. The summed E-state index contributed by atoms with van der Waals surface area (Å²) in [6, 6.07) is 17.3. The lowest BCUT2D eigenvalue weighted by Gasteiger charge is -2.28. The smallest absolute Gasteiger partial charge is 0.255 e. The molecule has 0 saturated carbocycles. The molecule has 0 atom stereocenters. The largest absolute Gasteiger partial charge is 0.359 e. The van der Waals surface area contributed by atoms with Crippen molar-refractivity contribution in [2.45, 2.75) is 0 Å². The van der Waals surface area contributed by atoms with E-state index in [9.17, 15) is 13.2 Å². The van der Waals surface area contributed by atoms with Crippen LogP contribution in [0.5, 0.6) is 0 Å². The Labute approximate surface area is 195 Å². The second-order valence-electron chi connectivity index (χ2n) is 7.51. The van der Waals surface area contributed by atoms with Gasteiger partial charge in [-0.15, -0.1) is 0 Å². The van der Waals surface area contributed by atoms with Crippen LogP contribution in [-0.4, -0.2) is 43.4 Å². The first kappa shape index (κ1) is 21.4. The number of halogens is 1. The molecule has 0 spiro atoms. The Balaban J connectivity index is 1.36. The molecule has 2 aromatic heterocycles. The van der Waals surface area contributed by atoms with Gasteiger partial charge in [-0.3, -0.25) is 4.79 Å². The molecule has 1 aliphatic rings. The van der Waals surface area contributed by atoms with Crippen LogP contribution in [0.25, 0.3) is 22.3 Å². The van der Waals surface area contributed by atoms with Gasteiger partial charge in [-0.2, -0.15) is 0 Å². The number of fused-ring (bicyclic) bond motifs is 1. The molecular weight excluding hydrogens is 464 g/mol. The van der Waals surface area contributed by atoms with E-state index in [1.807, 2.05) is 24.4 Å². The maximum absolute atomic E-state index is 12.8. The molecule has 5 rings (SSSR count). The Hall–Kier alpha value is -3.40. The van der Waals surface area contributed by atoms with Crippen molar-refractivity contribution in [3.05, 3.63) is 77.4 Å². The molecule has 0 unspecified atom stereocenters. The third-order valence-electron chi connectivity index (χ3n) is 5.36. The number of rotatable bonds is 4. The summed E-state index contributed by atoms with van der Waals surface area (Å²) in [5.74, 6) is -0.403. The van der Waals surface area contributed by atoms with E-state index in [1.165, 1.54) is 4.31 Å². The van der Waals surface area contributed by atoms with Crippen LogP contribution in [0.3, 0.4) is 0 Å². The van der Waals surface area contributed by atoms with Crippen molar-refractivity contribution in [3.63, 3.8) is 0 Å². The van der Waals surface area contributed by atoms with E-state index in [4.69, 9.17) is 16.3 Å². The third kappa shape index (κ3) is 4.30. The number of carbonyl (C=O) groups is 1. The van der Waals surface area contributed by atoms with Crippen molar-refractivity contribution in [3.8, 4) is 11.3 Å². The van der Waals surface area contributed by atoms with Crippen molar-refractivity contribution in [1.82, 2.24) is 9.97 Å². The molecular formula is C23H19ClN4O4S. The molecule has 168 valence electrons. The Kier molecular flexibility index (Phi) is 5.53. The Bertz CT molecular complexity index is 1450. The maximum atomic E-state index is 12.8. The van der Waals surface area contributed by atoms with Gasteiger partial charge in [-0.05, 0) is 60.7 Å². The fraction of sp³-hybridized carbons (Fsp3) is 0.130. The van der Waals surface area contributed by atoms with E-state index < -0.39 is 10.0 Å². The lowest BCUT2D eigenvalue weighted by molar-refractivity contribution is 0.102. The van der Waals surface area contributed by atoms with Gasteiger partial charge in [-0.1, -0.05) is 11.6 Å². The van der Waals surface area contributed by atoms with Gasteiger partial charge in [-0.25, -0.2) is 17.7 Å². The molecule has 1 fully saturated rings. The molecule has 4 aromatic rings. The number of aromatic amines is 1. The summed E-state index contributed by atoms with van der Waals surface area (Å²) >= 11 is 6.40. The summed E-state index contributed by atoms with van der Waals surface area (Å²) in [7, 11) is -3.42. The molecule has 0 bridgehead atoms. The van der Waals surface area contributed by atoms with Crippen molar-refractivity contribution in [1.29, 1.82) is 0 Å². The minimum absolute atomic E-state index is 0.0380. The Morgan fingerprint density at radius 1 is 1.09 bits per heavy atom. The summed E-state index contributed by atoms with van der Waals surface area (Å²) in [6.07, 6.45) is 1.82. The standard InChI is InChI=1S/C23H19ClN4O4S/c24-20-7-4-17(13-19(20)21-8-3-15-9-10-25-22(15)27-21)26-23(29)16-1-5-18(6-2-16)28-14-32-11-12-33(28,30)31/h1-10,13H,11-12,14H2,(H,25,27)(H,26,29). The van der Waals surface area contributed by atoms with Crippen LogP contribution in [0.4, 0.5) is 11.4 Å². The fourth-order valence-electron chi connectivity index (χ4n) is 3.60. The molecule has 0 radical (unpaired) electrons. The second kappa shape index (κ2) is 8.51. The third-order valence-corrected chi connectivity index (χ3v) is 7.36. The molecule has 1 amide bonds. The van der Waals surface area contributed by atoms with Crippen LogP contribution < -0.4 is 9.62 Å². The van der Waals surface area contributed by atoms with Gasteiger partial charge in [0, 0.05) is 28.4 Å². The monoisotopic (exact) mass is 482 g/mol. The highest BCUT2D eigenvalue weighted by Gasteiger charge is 2.26. The zero-order chi connectivity index (χ0) is 23.0. The highest BCUT2D eigenvalue weighted by molar-refractivity contribution is 7.92. The molecule has 33 heavy (non-hydrogen) atoms. The average molecular weight is 483 g/mol. The van der Waals surface area contributed by atoms with Crippen LogP contribution in [0.2, 0.25) is 5.02 Å². The number of hydrogen-bond donors (Lipinski definition) is 2. The van der Waals surface area contributed by atoms with Gasteiger partial charge in [0.2, 0.25) is 10.0 Å². The van der Waals surface area contributed by atoms with Gasteiger partial charge < -0.3 is 15.0 Å². The minimum atomic E-state index is -3.42. The highest BCUT2D eigenvalue weighted by atomic mass is 35.5. The second-order valence-corrected chi connectivity index (χ2v) is 9.93. The van der Waals surface area contributed by atoms with Crippen LogP contribution in [-0.2, 0) is 14.8 Å². The van der Waals surface area contributed by atoms with Gasteiger partial charge in [0.25, 0.3) is 5.91 Å². The van der Waals surface area contributed by atoms with E-state index in [1.54, 1.807) is 42.5 Å². The van der Waals surface area contributed by atoms with Crippen molar-refractivity contribution in [2.75, 3.05) is 28.7 Å². The number of nitrogens with zero attached hydrogens (tertiary/aromatic N) is 2. The summed E-state index contributed by atoms with van der Waals surface area (Å²) in [5.41, 5.74) is 3.52. The van der Waals surface area contributed by atoms with E-state index in [0.29, 0.717) is 33.2 Å². The van der Waals surface area contributed by atoms with Crippen molar-refractivity contribution in [2.24, 2.45) is 0 Å². The summed E-state index contributed by atoms with van der Waals surface area (Å²) in [6.45, 7) is 0.139. The van der Waals surface area contributed by atoms with Crippen LogP contribution >= 0.6 is 11.6 Å². The molecule has 3 heterocycles. The predicted octanol–water partition coefficient (Wildman–Crippen LogP) is 4.26. The molecule has 0 aliphatic carbocycles. The van der Waals surface area contributed by atoms with Crippen LogP contribution in [0.15, 0.2) is 66.9 Å². The number of anilines is 2. The van der Waals surface area contributed by atoms with Crippen LogP contribution in [0, 0.1) is 0 Å². The zero-order valence-corrected chi connectivity index (χ0v) is 18.9.